The standard InChI is InChI=1S/C28H22F3N3O3S/c1-14(17-5-3-4-15(25(17)31)10-24(35)36)23-13-33-28(34-23)19-11-16(6-7-20(19)29)37-26-21(30)12-22-18(8-9-32-22)27(26)38-2/h3-9,11-14,32H,10H2,1-2H3,(H,33,34)(H,35,36). The second-order valence-corrected chi connectivity index (χ2v) is 9.52. The lowest BCUT2D eigenvalue weighted by Crippen LogP contribution is -2.07. The molecule has 5 rings (SSSR count). The number of carboxylic acid groups (broad SMARTS) is 1. The Kier molecular flexibility index (Phi) is 6.90. The van der Waals surface area contributed by atoms with Gasteiger partial charge in [0.2, 0.25) is 0 Å². The fourth-order valence-corrected chi connectivity index (χ4v) is 5.10. The molecule has 0 aliphatic heterocycles. The second-order valence-electron chi connectivity index (χ2n) is 8.70. The summed E-state index contributed by atoms with van der Waals surface area (Å²) in [7, 11) is 0. The molecule has 5 aromatic rings. The molecule has 3 aromatic carbocycles. The average molecular weight is 538 g/mol. The van der Waals surface area contributed by atoms with Crippen molar-refractivity contribution in [3.8, 4) is 22.9 Å². The summed E-state index contributed by atoms with van der Waals surface area (Å²) in [6, 6.07) is 11.8. The highest BCUT2D eigenvalue weighted by Gasteiger charge is 2.21. The number of nitrogens with one attached hydrogen (secondary N) is 2. The third-order valence-corrected chi connectivity index (χ3v) is 7.13. The summed E-state index contributed by atoms with van der Waals surface area (Å²) in [5.41, 5.74) is 1.60. The highest BCUT2D eigenvalue weighted by Crippen LogP contribution is 2.40. The third kappa shape index (κ3) is 4.74. The van der Waals surface area contributed by atoms with Gasteiger partial charge >= 0.3 is 5.97 Å². The lowest BCUT2D eigenvalue weighted by atomic mass is 9.95. The number of ether oxygens (including phenoxy) is 1. The number of halogens is 3. The van der Waals surface area contributed by atoms with Crippen LogP contribution < -0.4 is 4.74 Å². The molecule has 1 atom stereocenters. The van der Waals surface area contributed by atoms with E-state index in [1.54, 1.807) is 25.3 Å². The zero-order valence-corrected chi connectivity index (χ0v) is 21.1. The quantitative estimate of drug-likeness (QED) is 0.181. The summed E-state index contributed by atoms with van der Waals surface area (Å²) < 4.78 is 50.6. The summed E-state index contributed by atoms with van der Waals surface area (Å²) >= 11 is 1.34. The van der Waals surface area contributed by atoms with Crippen molar-refractivity contribution in [3.63, 3.8) is 0 Å². The van der Waals surface area contributed by atoms with Gasteiger partial charge in [-0.15, -0.1) is 11.8 Å². The first kappa shape index (κ1) is 25.5. The number of carboxylic acids is 1. The Hall–Kier alpha value is -4.18. The molecule has 0 spiro atoms. The van der Waals surface area contributed by atoms with Crippen LogP contribution in [-0.4, -0.2) is 32.3 Å². The van der Waals surface area contributed by atoms with Crippen LogP contribution in [0.15, 0.2) is 65.8 Å². The van der Waals surface area contributed by atoms with Crippen molar-refractivity contribution in [2.24, 2.45) is 0 Å². The van der Waals surface area contributed by atoms with Crippen LogP contribution in [0.5, 0.6) is 11.5 Å². The van der Waals surface area contributed by atoms with E-state index in [0.29, 0.717) is 16.1 Å². The van der Waals surface area contributed by atoms with Gasteiger partial charge in [-0.3, -0.25) is 4.79 Å². The maximum Gasteiger partial charge on any atom is 0.307 e. The minimum absolute atomic E-state index is 0.0348. The zero-order valence-electron chi connectivity index (χ0n) is 20.3. The van der Waals surface area contributed by atoms with Crippen LogP contribution in [0, 0.1) is 17.5 Å². The molecule has 0 saturated heterocycles. The maximum atomic E-state index is 15.0. The first-order valence-corrected chi connectivity index (χ1v) is 12.8. The molecule has 2 aromatic heterocycles. The Morgan fingerprint density at radius 1 is 1.13 bits per heavy atom. The first-order chi connectivity index (χ1) is 18.3. The number of thioether (sulfide) groups is 1. The van der Waals surface area contributed by atoms with E-state index in [1.807, 2.05) is 12.3 Å². The minimum Gasteiger partial charge on any atom is -0.481 e. The summed E-state index contributed by atoms with van der Waals surface area (Å²) in [4.78, 5) is 21.9. The van der Waals surface area contributed by atoms with Gasteiger partial charge in [-0.2, -0.15) is 0 Å². The third-order valence-electron chi connectivity index (χ3n) is 6.31. The molecule has 0 saturated carbocycles. The van der Waals surface area contributed by atoms with E-state index in [2.05, 4.69) is 15.0 Å². The number of aromatic amines is 2. The highest BCUT2D eigenvalue weighted by molar-refractivity contribution is 7.99. The second kappa shape index (κ2) is 10.3. The van der Waals surface area contributed by atoms with E-state index < -0.39 is 35.8 Å². The first-order valence-electron chi connectivity index (χ1n) is 11.6. The normalized spacial score (nSPS) is 12.1. The van der Waals surface area contributed by atoms with Gasteiger partial charge in [0.15, 0.2) is 11.6 Å². The number of hydrogen-bond acceptors (Lipinski definition) is 4. The Morgan fingerprint density at radius 3 is 2.71 bits per heavy atom. The number of carbonyl (C=O) groups is 1. The Balaban J connectivity index is 1.46. The van der Waals surface area contributed by atoms with Crippen LogP contribution in [0.4, 0.5) is 13.2 Å². The highest BCUT2D eigenvalue weighted by atomic mass is 32.2. The van der Waals surface area contributed by atoms with Crippen LogP contribution in [-0.2, 0) is 11.2 Å². The molecular weight excluding hydrogens is 515 g/mol. The smallest absolute Gasteiger partial charge is 0.307 e. The molecule has 38 heavy (non-hydrogen) atoms. The van der Waals surface area contributed by atoms with E-state index in [-0.39, 0.29) is 34.0 Å². The topological polar surface area (TPSA) is 91.0 Å². The van der Waals surface area contributed by atoms with Crippen molar-refractivity contribution < 1.29 is 27.8 Å². The lowest BCUT2D eigenvalue weighted by molar-refractivity contribution is -0.136. The monoisotopic (exact) mass is 537 g/mol. The molecule has 2 heterocycles. The molecule has 0 amide bonds. The molecule has 0 bridgehead atoms. The van der Waals surface area contributed by atoms with Crippen LogP contribution in [0.3, 0.4) is 0 Å². The Bertz CT molecular complexity index is 1660. The van der Waals surface area contributed by atoms with E-state index in [4.69, 9.17) is 9.84 Å². The summed E-state index contributed by atoms with van der Waals surface area (Å²) in [6.07, 6.45) is 4.57. The number of imidazole rings is 1. The number of aliphatic carboxylic acids is 1. The molecule has 6 nitrogen and oxygen atoms in total. The molecule has 194 valence electrons. The zero-order chi connectivity index (χ0) is 27.0. The number of benzene rings is 3. The molecule has 0 aliphatic carbocycles. The molecule has 3 N–H and O–H groups in total. The van der Waals surface area contributed by atoms with Gasteiger partial charge < -0.3 is 19.8 Å². The van der Waals surface area contributed by atoms with Crippen molar-refractivity contribution in [1.82, 2.24) is 15.0 Å². The molecule has 0 fully saturated rings. The maximum absolute atomic E-state index is 15.0. The number of aromatic nitrogens is 3. The predicted octanol–water partition coefficient (Wildman–Crippen LogP) is 7.27. The van der Waals surface area contributed by atoms with E-state index >= 15 is 0 Å². The van der Waals surface area contributed by atoms with Gasteiger partial charge in [0.05, 0.1) is 16.9 Å². The summed E-state index contributed by atoms with van der Waals surface area (Å²) in [5.74, 6) is -2.96. The van der Waals surface area contributed by atoms with Gasteiger partial charge in [0, 0.05) is 41.0 Å². The molecule has 1 unspecified atom stereocenters. The van der Waals surface area contributed by atoms with Crippen LogP contribution >= 0.6 is 11.8 Å². The van der Waals surface area contributed by atoms with Crippen LogP contribution in [0.25, 0.3) is 22.3 Å². The SMILES string of the molecule is CSc1c(Oc2ccc(F)c(-c3ncc(C(C)c4cccc(CC(=O)O)c4F)[nH]3)c2)c(F)cc2[nH]ccc12. The summed E-state index contributed by atoms with van der Waals surface area (Å²) in [5, 5.41) is 9.84. The van der Waals surface area contributed by atoms with Gasteiger partial charge in [-0.25, -0.2) is 18.2 Å². The van der Waals surface area contributed by atoms with Gasteiger partial charge in [0.1, 0.15) is 23.2 Å². The molecule has 0 aliphatic rings. The minimum atomic E-state index is -1.13. The average Bonchev–Trinajstić information content (AvgIpc) is 3.56. The number of nitrogens with zero attached hydrogens (tertiary/aromatic N) is 1. The largest absolute Gasteiger partial charge is 0.481 e. The van der Waals surface area contributed by atoms with Gasteiger partial charge in [0.25, 0.3) is 0 Å². The van der Waals surface area contributed by atoms with Crippen molar-refractivity contribution in [2.45, 2.75) is 24.2 Å². The summed E-state index contributed by atoms with van der Waals surface area (Å²) in [6.45, 7) is 1.74. The van der Waals surface area contributed by atoms with Gasteiger partial charge in [-0.1, -0.05) is 25.1 Å². The predicted molar refractivity (Wildman–Crippen MR) is 139 cm³/mol. The number of hydrogen-bond donors (Lipinski definition) is 3. The Labute approximate surface area is 219 Å². The van der Waals surface area contributed by atoms with Crippen molar-refractivity contribution in [3.05, 3.63) is 95.2 Å². The number of fused-ring (bicyclic) bond motifs is 1. The lowest BCUT2D eigenvalue weighted by Gasteiger charge is -2.14. The van der Waals surface area contributed by atoms with Crippen molar-refractivity contribution in [1.29, 1.82) is 0 Å². The number of rotatable bonds is 8. The fourth-order valence-electron chi connectivity index (χ4n) is 4.38. The van der Waals surface area contributed by atoms with Crippen LogP contribution in [0.1, 0.15) is 29.7 Å². The van der Waals surface area contributed by atoms with Crippen molar-refractivity contribution >= 4 is 28.6 Å². The Morgan fingerprint density at radius 2 is 1.95 bits per heavy atom. The van der Waals surface area contributed by atoms with E-state index in [1.165, 1.54) is 48.3 Å². The molecule has 0 radical (unpaired) electrons. The fraction of sp³-hybridized carbons (Fsp3) is 0.143. The number of H-pyrrole nitrogens is 2. The van der Waals surface area contributed by atoms with E-state index in [9.17, 15) is 18.0 Å². The van der Waals surface area contributed by atoms with Crippen LogP contribution in [0.2, 0.25) is 0 Å². The van der Waals surface area contributed by atoms with Gasteiger partial charge in [-0.05, 0) is 41.6 Å². The van der Waals surface area contributed by atoms with Crippen molar-refractivity contribution in [2.75, 3.05) is 6.26 Å². The van der Waals surface area contributed by atoms with E-state index in [0.717, 1.165) is 5.39 Å². The molecule has 10 heteroatoms. The molecular formula is C28H22F3N3O3S.